The maximum Gasteiger partial charge on any atom is 0.224 e. The van der Waals surface area contributed by atoms with Crippen molar-refractivity contribution in [2.45, 2.75) is 13.5 Å². The van der Waals surface area contributed by atoms with Crippen LogP contribution in [0.1, 0.15) is 22.3 Å². The number of aryl methyl sites for hydroxylation is 1. The first-order valence-electron chi connectivity index (χ1n) is 4.38. The van der Waals surface area contributed by atoms with E-state index in [1.54, 1.807) is 10.2 Å². The van der Waals surface area contributed by atoms with Gasteiger partial charge in [-0.3, -0.25) is 14.5 Å². The van der Waals surface area contributed by atoms with E-state index in [2.05, 4.69) is 10.1 Å². The Labute approximate surface area is 95.5 Å². The van der Waals surface area contributed by atoms with Crippen LogP contribution in [-0.2, 0) is 6.54 Å². The van der Waals surface area contributed by atoms with Crippen LogP contribution in [0.3, 0.4) is 0 Å². The first-order chi connectivity index (χ1) is 7.24. The van der Waals surface area contributed by atoms with E-state index >= 15 is 0 Å². The molecule has 2 heterocycles. The van der Waals surface area contributed by atoms with E-state index in [4.69, 9.17) is 11.6 Å². The minimum Gasteiger partial charge on any atom is -0.286 e. The van der Waals surface area contributed by atoms with Crippen molar-refractivity contribution >= 4 is 28.7 Å². The van der Waals surface area contributed by atoms with Crippen molar-refractivity contribution in [2.75, 3.05) is 0 Å². The Morgan fingerprint density at radius 1 is 1.60 bits per heavy atom. The highest BCUT2D eigenvalue weighted by Crippen LogP contribution is 2.20. The summed E-state index contributed by atoms with van der Waals surface area (Å²) >= 11 is 7.21. The zero-order chi connectivity index (χ0) is 10.8. The van der Waals surface area contributed by atoms with Crippen LogP contribution in [-0.4, -0.2) is 20.5 Å². The Bertz CT molecular complexity index is 478. The molecule has 0 atom stereocenters. The molecule has 0 spiro atoms. The van der Waals surface area contributed by atoms with Gasteiger partial charge in [0.1, 0.15) is 5.69 Å². The molecule has 0 aliphatic heterocycles. The normalized spacial score (nSPS) is 10.5. The summed E-state index contributed by atoms with van der Waals surface area (Å²) in [5, 5.41) is 4.40. The number of ketones is 1. The van der Waals surface area contributed by atoms with Crippen LogP contribution in [0.25, 0.3) is 0 Å². The molecule has 4 nitrogen and oxygen atoms in total. The Kier molecular flexibility index (Phi) is 2.83. The molecule has 0 fully saturated rings. The molecule has 0 saturated carbocycles. The summed E-state index contributed by atoms with van der Waals surface area (Å²) in [4.78, 5) is 16.4. The van der Waals surface area contributed by atoms with E-state index in [1.165, 1.54) is 23.7 Å². The van der Waals surface area contributed by atoms with Gasteiger partial charge in [-0.1, -0.05) is 11.6 Å². The average Bonchev–Trinajstić information content (AvgIpc) is 2.85. The zero-order valence-electron chi connectivity index (χ0n) is 7.98. The number of rotatable bonds is 3. The summed E-state index contributed by atoms with van der Waals surface area (Å²) in [6, 6.07) is 0. The number of nitrogens with zero attached hydrogens (tertiary/aromatic N) is 3. The molecular weight excluding hydrogens is 234 g/mol. The van der Waals surface area contributed by atoms with Crippen molar-refractivity contribution in [3.8, 4) is 0 Å². The minimum atomic E-state index is -0.123. The summed E-state index contributed by atoms with van der Waals surface area (Å²) in [5.74, 6) is -0.123. The summed E-state index contributed by atoms with van der Waals surface area (Å²) in [6.45, 7) is 2.53. The molecule has 0 radical (unpaired) electrons. The van der Waals surface area contributed by atoms with Crippen LogP contribution < -0.4 is 0 Å². The SMILES string of the molecule is CCn1ncc(Cl)c1C(=O)c1cncs1. The molecule has 0 unspecified atom stereocenters. The molecule has 0 bridgehead atoms. The summed E-state index contributed by atoms with van der Waals surface area (Å²) in [7, 11) is 0. The van der Waals surface area contributed by atoms with Gasteiger partial charge >= 0.3 is 0 Å². The summed E-state index contributed by atoms with van der Waals surface area (Å²) in [6.07, 6.45) is 3.02. The quantitative estimate of drug-likeness (QED) is 0.775. The Morgan fingerprint density at radius 2 is 2.40 bits per heavy atom. The molecule has 78 valence electrons. The summed E-state index contributed by atoms with van der Waals surface area (Å²) < 4.78 is 1.59. The highest BCUT2D eigenvalue weighted by atomic mass is 35.5. The molecule has 2 aromatic rings. The van der Waals surface area contributed by atoms with E-state index in [-0.39, 0.29) is 5.78 Å². The van der Waals surface area contributed by atoms with Crippen LogP contribution in [0.15, 0.2) is 17.9 Å². The van der Waals surface area contributed by atoms with Crippen molar-refractivity contribution in [3.05, 3.63) is 33.5 Å². The van der Waals surface area contributed by atoms with Crippen molar-refractivity contribution in [2.24, 2.45) is 0 Å². The largest absolute Gasteiger partial charge is 0.286 e. The van der Waals surface area contributed by atoms with Crippen molar-refractivity contribution in [3.63, 3.8) is 0 Å². The molecule has 0 saturated heterocycles. The summed E-state index contributed by atoms with van der Waals surface area (Å²) in [5.41, 5.74) is 2.05. The third-order valence-corrected chi connectivity index (χ3v) is 3.01. The monoisotopic (exact) mass is 241 g/mol. The van der Waals surface area contributed by atoms with Gasteiger partial charge in [-0.05, 0) is 6.92 Å². The highest BCUT2D eigenvalue weighted by molar-refractivity contribution is 7.11. The topological polar surface area (TPSA) is 47.8 Å². The molecule has 0 amide bonds. The fourth-order valence-electron chi connectivity index (χ4n) is 1.27. The van der Waals surface area contributed by atoms with E-state index in [9.17, 15) is 4.79 Å². The second-order valence-electron chi connectivity index (χ2n) is 2.85. The number of carbonyl (C=O) groups excluding carboxylic acids is 1. The van der Waals surface area contributed by atoms with Crippen molar-refractivity contribution < 1.29 is 4.79 Å². The van der Waals surface area contributed by atoms with Crippen LogP contribution >= 0.6 is 22.9 Å². The minimum absolute atomic E-state index is 0.123. The molecule has 2 aromatic heterocycles. The van der Waals surface area contributed by atoms with Crippen LogP contribution in [0.4, 0.5) is 0 Å². The van der Waals surface area contributed by atoms with Gasteiger partial charge in [-0.2, -0.15) is 5.10 Å². The average molecular weight is 242 g/mol. The van der Waals surface area contributed by atoms with Crippen molar-refractivity contribution in [1.29, 1.82) is 0 Å². The van der Waals surface area contributed by atoms with E-state index < -0.39 is 0 Å². The van der Waals surface area contributed by atoms with Gasteiger partial charge in [0.25, 0.3) is 0 Å². The van der Waals surface area contributed by atoms with Gasteiger partial charge in [-0.15, -0.1) is 11.3 Å². The molecular formula is C9H8ClN3OS. The van der Waals surface area contributed by atoms with Gasteiger partial charge in [0.15, 0.2) is 0 Å². The standard InChI is InChI=1S/C9H8ClN3OS/c1-2-13-8(6(10)3-12-13)9(14)7-4-11-5-15-7/h3-5H,2H2,1H3. The lowest BCUT2D eigenvalue weighted by atomic mass is 10.2. The molecule has 15 heavy (non-hydrogen) atoms. The lowest BCUT2D eigenvalue weighted by Crippen LogP contribution is -2.09. The molecule has 0 aromatic carbocycles. The lowest BCUT2D eigenvalue weighted by molar-refractivity contribution is 0.103. The number of aromatic nitrogens is 3. The van der Waals surface area contributed by atoms with Crippen LogP contribution in [0.2, 0.25) is 5.02 Å². The van der Waals surface area contributed by atoms with Crippen LogP contribution in [0, 0.1) is 0 Å². The Balaban J connectivity index is 2.45. The fourth-order valence-corrected chi connectivity index (χ4v) is 2.06. The second-order valence-corrected chi connectivity index (χ2v) is 4.15. The molecule has 0 N–H and O–H groups in total. The molecule has 6 heteroatoms. The Hall–Kier alpha value is -1.20. The third kappa shape index (κ3) is 1.80. The number of hydrogen-bond donors (Lipinski definition) is 0. The first-order valence-corrected chi connectivity index (χ1v) is 5.64. The number of halogens is 1. The first kappa shape index (κ1) is 10.3. The molecule has 0 aliphatic rings. The van der Waals surface area contributed by atoms with Crippen LogP contribution in [0.5, 0.6) is 0 Å². The van der Waals surface area contributed by atoms with Gasteiger partial charge in [-0.25, -0.2) is 0 Å². The van der Waals surface area contributed by atoms with Gasteiger partial charge < -0.3 is 0 Å². The predicted molar refractivity (Wildman–Crippen MR) is 58.5 cm³/mol. The smallest absolute Gasteiger partial charge is 0.224 e. The van der Waals surface area contributed by atoms with E-state index in [0.717, 1.165) is 0 Å². The number of hydrogen-bond acceptors (Lipinski definition) is 4. The third-order valence-electron chi connectivity index (χ3n) is 1.97. The lowest BCUT2D eigenvalue weighted by Gasteiger charge is -2.01. The maximum atomic E-state index is 12.0. The second kappa shape index (κ2) is 4.12. The van der Waals surface area contributed by atoms with Gasteiger partial charge in [0, 0.05) is 12.7 Å². The molecule has 0 aliphatic carbocycles. The van der Waals surface area contributed by atoms with Gasteiger partial charge in [0.2, 0.25) is 5.78 Å². The van der Waals surface area contributed by atoms with Crippen molar-refractivity contribution in [1.82, 2.24) is 14.8 Å². The highest BCUT2D eigenvalue weighted by Gasteiger charge is 2.19. The predicted octanol–water partition coefficient (Wildman–Crippen LogP) is 2.24. The number of carbonyl (C=O) groups is 1. The van der Waals surface area contributed by atoms with Gasteiger partial charge in [0.05, 0.1) is 21.6 Å². The van der Waals surface area contributed by atoms with E-state index in [1.807, 2.05) is 6.92 Å². The Morgan fingerprint density at radius 3 is 3.00 bits per heavy atom. The molecule has 2 rings (SSSR count). The van der Waals surface area contributed by atoms with E-state index in [0.29, 0.717) is 22.1 Å². The fraction of sp³-hybridized carbons (Fsp3) is 0.222. The maximum absolute atomic E-state index is 12.0. The zero-order valence-corrected chi connectivity index (χ0v) is 9.55. The number of thiazole rings is 1.